The van der Waals surface area contributed by atoms with Crippen molar-refractivity contribution in [2.45, 2.75) is 6.54 Å². The van der Waals surface area contributed by atoms with E-state index < -0.39 is 11.8 Å². The van der Waals surface area contributed by atoms with E-state index in [4.69, 9.17) is 5.73 Å². The fraction of sp³-hybridized carbons (Fsp3) is 0.0500. The molecule has 0 unspecified atom stereocenters. The van der Waals surface area contributed by atoms with Crippen molar-refractivity contribution in [2.24, 2.45) is 5.73 Å². The monoisotopic (exact) mass is 482 g/mol. The molecule has 0 aliphatic heterocycles. The van der Waals surface area contributed by atoms with Crippen molar-refractivity contribution in [3.05, 3.63) is 62.9 Å². The molecule has 9 nitrogen and oxygen atoms in total. The highest BCUT2D eigenvalue weighted by atomic mass is 32.1. The quantitative estimate of drug-likeness (QED) is 0.341. The van der Waals surface area contributed by atoms with Gasteiger partial charge in [-0.15, -0.1) is 34.0 Å². The Labute approximate surface area is 192 Å². The van der Waals surface area contributed by atoms with Crippen LogP contribution in [0.15, 0.2) is 51.7 Å². The third kappa shape index (κ3) is 3.75. The minimum Gasteiger partial charge on any atom is -0.364 e. The van der Waals surface area contributed by atoms with Crippen LogP contribution in [-0.2, 0) is 11.3 Å². The molecule has 0 bridgehead atoms. The number of thiazole rings is 1. The first-order valence-corrected chi connectivity index (χ1v) is 11.9. The van der Waals surface area contributed by atoms with Gasteiger partial charge in [-0.2, -0.15) is 0 Å². The lowest BCUT2D eigenvalue weighted by Gasteiger charge is -2.05. The minimum atomic E-state index is -0.566. The zero-order valence-corrected chi connectivity index (χ0v) is 18.6. The fourth-order valence-electron chi connectivity index (χ4n) is 3.16. The number of amides is 2. The zero-order valence-electron chi connectivity index (χ0n) is 16.2. The van der Waals surface area contributed by atoms with E-state index in [0.717, 1.165) is 10.4 Å². The summed E-state index contributed by atoms with van der Waals surface area (Å²) in [6.45, 7) is -0.188. The number of aromatic nitrogens is 4. The van der Waals surface area contributed by atoms with Crippen LogP contribution in [0.25, 0.3) is 31.9 Å². The molecule has 0 saturated carbocycles. The number of nitrogens with zero attached hydrogens (tertiary/aromatic N) is 3. The molecule has 0 atom stereocenters. The van der Waals surface area contributed by atoms with Crippen LogP contribution >= 0.6 is 34.0 Å². The largest absolute Gasteiger partial charge is 0.364 e. The summed E-state index contributed by atoms with van der Waals surface area (Å²) in [6.07, 6.45) is 3.00. The van der Waals surface area contributed by atoms with Gasteiger partial charge in [0.15, 0.2) is 5.13 Å². The molecular weight excluding hydrogens is 468 g/mol. The molecule has 5 aromatic rings. The summed E-state index contributed by atoms with van der Waals surface area (Å²) in [6, 6.07) is 5.47. The standard InChI is InChI=1S/C20H14N6O3S3/c21-17(28)12-4-10(5-22-12)13-8-32-20(24-13)25-15(27)6-26-9-23-18-16(19(26)29)11(7-31-18)14-2-1-3-30-14/h1-5,7-9,22H,6H2,(H2,21,28)(H,24,25,27). The van der Waals surface area contributed by atoms with E-state index in [1.54, 1.807) is 29.0 Å². The molecule has 0 aromatic carbocycles. The highest BCUT2D eigenvalue weighted by Crippen LogP contribution is 2.33. The molecular formula is C20H14N6O3S3. The number of nitrogens with one attached hydrogen (secondary N) is 2. The van der Waals surface area contributed by atoms with Gasteiger partial charge >= 0.3 is 0 Å². The number of carbonyl (C=O) groups is 2. The van der Waals surface area contributed by atoms with Crippen molar-refractivity contribution >= 4 is 61.2 Å². The van der Waals surface area contributed by atoms with Gasteiger partial charge in [0.2, 0.25) is 5.91 Å². The number of H-pyrrole nitrogens is 1. The lowest BCUT2D eigenvalue weighted by molar-refractivity contribution is -0.116. The second-order valence-electron chi connectivity index (χ2n) is 6.74. The van der Waals surface area contributed by atoms with Crippen LogP contribution in [0.3, 0.4) is 0 Å². The van der Waals surface area contributed by atoms with E-state index in [1.165, 1.54) is 33.6 Å². The molecule has 0 aliphatic rings. The Hall–Kier alpha value is -3.61. The zero-order chi connectivity index (χ0) is 22.2. The van der Waals surface area contributed by atoms with Gasteiger partial charge in [0, 0.05) is 33.0 Å². The molecule has 2 amide bonds. The Bertz CT molecular complexity index is 1510. The number of fused-ring (bicyclic) bond motifs is 1. The maximum atomic E-state index is 13.0. The highest BCUT2D eigenvalue weighted by Gasteiger charge is 2.16. The number of rotatable bonds is 6. The summed E-state index contributed by atoms with van der Waals surface area (Å²) in [5.41, 5.74) is 7.36. The first-order chi connectivity index (χ1) is 15.5. The van der Waals surface area contributed by atoms with Crippen molar-refractivity contribution in [1.29, 1.82) is 0 Å². The van der Waals surface area contributed by atoms with Gasteiger partial charge in [-0.1, -0.05) is 6.07 Å². The molecule has 0 fully saturated rings. The Morgan fingerprint density at radius 1 is 1.22 bits per heavy atom. The molecule has 5 rings (SSSR count). The van der Waals surface area contributed by atoms with E-state index >= 15 is 0 Å². The molecule has 5 heterocycles. The molecule has 0 spiro atoms. The van der Waals surface area contributed by atoms with Gasteiger partial charge < -0.3 is 16.0 Å². The lowest BCUT2D eigenvalue weighted by atomic mass is 10.2. The lowest BCUT2D eigenvalue weighted by Crippen LogP contribution is -2.27. The summed E-state index contributed by atoms with van der Waals surface area (Å²) in [5, 5.41) is 9.22. The smallest absolute Gasteiger partial charge is 0.265 e. The summed E-state index contributed by atoms with van der Waals surface area (Å²) in [7, 11) is 0. The topological polar surface area (TPSA) is 136 Å². The number of anilines is 1. The van der Waals surface area contributed by atoms with Crippen molar-refractivity contribution in [3.8, 4) is 21.7 Å². The third-order valence-electron chi connectivity index (χ3n) is 4.66. The highest BCUT2D eigenvalue weighted by molar-refractivity contribution is 7.18. The predicted molar refractivity (Wildman–Crippen MR) is 126 cm³/mol. The first-order valence-electron chi connectivity index (χ1n) is 9.24. The molecule has 0 radical (unpaired) electrons. The van der Waals surface area contributed by atoms with Crippen LogP contribution in [0.2, 0.25) is 0 Å². The average molecular weight is 483 g/mol. The van der Waals surface area contributed by atoms with Gasteiger partial charge in [-0.05, 0) is 17.5 Å². The van der Waals surface area contributed by atoms with E-state index in [-0.39, 0.29) is 17.8 Å². The Balaban J connectivity index is 1.35. The number of aromatic amines is 1. The van der Waals surface area contributed by atoms with Crippen LogP contribution < -0.4 is 16.6 Å². The molecule has 12 heteroatoms. The average Bonchev–Trinajstić information content (AvgIpc) is 3.55. The van der Waals surface area contributed by atoms with Crippen LogP contribution in [0.5, 0.6) is 0 Å². The SMILES string of the molecule is NC(=O)c1cc(-c2csc(NC(=O)Cn3cnc4scc(-c5cccs5)c4c3=O)n2)c[nH]1. The number of carbonyl (C=O) groups excluding carboxylic acids is 2. The fourth-order valence-corrected chi connectivity index (χ4v) is 5.61. The third-order valence-corrected chi connectivity index (χ3v) is 7.20. The maximum absolute atomic E-state index is 13.0. The first kappa shape index (κ1) is 20.3. The number of hydrogen-bond donors (Lipinski definition) is 3. The van der Waals surface area contributed by atoms with Gasteiger partial charge in [-0.3, -0.25) is 19.0 Å². The minimum absolute atomic E-state index is 0.188. The van der Waals surface area contributed by atoms with Gasteiger partial charge in [0.05, 0.1) is 17.4 Å². The van der Waals surface area contributed by atoms with Crippen LogP contribution in [0.1, 0.15) is 10.5 Å². The van der Waals surface area contributed by atoms with Gasteiger partial charge in [-0.25, -0.2) is 9.97 Å². The molecule has 32 heavy (non-hydrogen) atoms. The van der Waals surface area contributed by atoms with E-state index in [0.29, 0.717) is 26.6 Å². The maximum Gasteiger partial charge on any atom is 0.265 e. The summed E-state index contributed by atoms with van der Waals surface area (Å²) in [4.78, 5) is 49.9. The van der Waals surface area contributed by atoms with Crippen molar-refractivity contribution in [2.75, 3.05) is 5.32 Å². The summed E-state index contributed by atoms with van der Waals surface area (Å²) < 4.78 is 1.29. The second-order valence-corrected chi connectivity index (χ2v) is 9.40. The van der Waals surface area contributed by atoms with Crippen molar-refractivity contribution < 1.29 is 9.59 Å². The van der Waals surface area contributed by atoms with Crippen molar-refractivity contribution in [1.82, 2.24) is 19.5 Å². The van der Waals surface area contributed by atoms with E-state index in [2.05, 4.69) is 20.3 Å². The molecule has 5 aromatic heterocycles. The molecule has 160 valence electrons. The van der Waals surface area contributed by atoms with Crippen LogP contribution in [0, 0.1) is 0 Å². The summed E-state index contributed by atoms with van der Waals surface area (Å²) >= 11 is 4.19. The van der Waals surface area contributed by atoms with Crippen molar-refractivity contribution in [3.63, 3.8) is 0 Å². The molecule has 0 saturated heterocycles. The van der Waals surface area contributed by atoms with E-state index in [9.17, 15) is 14.4 Å². The predicted octanol–water partition coefficient (Wildman–Crippen LogP) is 3.38. The Kier molecular flexibility index (Phi) is 5.17. The second kappa shape index (κ2) is 8.15. The Morgan fingerprint density at radius 2 is 2.09 bits per heavy atom. The number of thiophene rings is 2. The Morgan fingerprint density at radius 3 is 2.84 bits per heavy atom. The number of primary amides is 1. The summed E-state index contributed by atoms with van der Waals surface area (Å²) in [5.74, 6) is -0.960. The van der Waals surface area contributed by atoms with Gasteiger partial charge in [0.1, 0.15) is 17.1 Å². The molecule has 4 N–H and O–H groups in total. The van der Waals surface area contributed by atoms with E-state index in [1.807, 2.05) is 22.9 Å². The van der Waals surface area contributed by atoms with Gasteiger partial charge in [0.25, 0.3) is 11.5 Å². The number of hydrogen-bond acceptors (Lipinski definition) is 8. The normalized spacial score (nSPS) is 11.1. The van der Waals surface area contributed by atoms with Crippen LogP contribution in [0.4, 0.5) is 5.13 Å². The van der Waals surface area contributed by atoms with Crippen LogP contribution in [-0.4, -0.2) is 31.3 Å². The number of nitrogens with two attached hydrogens (primary N) is 1. The molecule has 0 aliphatic carbocycles.